The van der Waals surface area contributed by atoms with Gasteiger partial charge in [-0.3, -0.25) is 4.79 Å². The fourth-order valence-corrected chi connectivity index (χ4v) is 2.34. The summed E-state index contributed by atoms with van der Waals surface area (Å²) >= 11 is 0. The minimum atomic E-state index is -5.70. The molecule has 1 unspecified atom stereocenters. The largest absolute Gasteiger partial charge is 0.463 e. The summed E-state index contributed by atoms with van der Waals surface area (Å²) in [6, 6.07) is 4.57. The van der Waals surface area contributed by atoms with Crippen LogP contribution < -0.4 is 10.6 Å². The first-order valence-electron chi connectivity index (χ1n) is 8.17. The molecule has 2 N–H and O–H groups in total. The number of hydrogen-bond acceptors (Lipinski definition) is 4. The number of nitrogens with one attached hydrogen (secondary N) is 2. The van der Waals surface area contributed by atoms with Crippen molar-refractivity contribution in [2.75, 3.05) is 11.9 Å². The number of hydrogen-bond donors (Lipinski definition) is 2. The summed E-state index contributed by atoms with van der Waals surface area (Å²) < 4.78 is 101. The van der Waals surface area contributed by atoms with Crippen molar-refractivity contribution >= 4 is 17.6 Å². The Labute approximate surface area is 164 Å². The van der Waals surface area contributed by atoms with Gasteiger partial charge in [-0.15, -0.1) is 0 Å². The summed E-state index contributed by atoms with van der Waals surface area (Å²) in [5.41, 5.74) is -6.34. The van der Waals surface area contributed by atoms with E-state index in [1.807, 2.05) is 0 Å². The highest BCUT2D eigenvalue weighted by molar-refractivity contribution is 5.99. The minimum Gasteiger partial charge on any atom is -0.463 e. The summed E-state index contributed by atoms with van der Waals surface area (Å²) in [7, 11) is 0. The second kappa shape index (κ2) is 8.59. The highest BCUT2D eigenvalue weighted by atomic mass is 19.4. The Kier molecular flexibility index (Phi) is 6.58. The van der Waals surface area contributed by atoms with Crippen molar-refractivity contribution in [1.29, 1.82) is 0 Å². The zero-order valence-corrected chi connectivity index (χ0v) is 15.0. The average Bonchev–Trinajstić information content (AvgIpc) is 2.67. The standard InChI is InChI=1S/C18H13F7N2O3/c1-2-30-16(29)17(18(23,24)25,26-12-8-7-11(20)13(21)14(12)22)27-15(28)9-5-3-4-6-10(9)19/h3-8,26H,2H2,1H3,(H,27,28). The van der Waals surface area contributed by atoms with Crippen molar-refractivity contribution in [2.45, 2.75) is 18.8 Å². The quantitative estimate of drug-likeness (QED) is 0.311. The molecule has 0 spiro atoms. The summed E-state index contributed by atoms with van der Waals surface area (Å²) in [6.45, 7) is 0.560. The number of alkyl halides is 3. The summed E-state index contributed by atoms with van der Waals surface area (Å²) in [4.78, 5) is 24.5. The predicted octanol–water partition coefficient (Wildman–Crippen LogP) is 3.91. The van der Waals surface area contributed by atoms with Crippen molar-refractivity contribution in [2.24, 2.45) is 0 Å². The smallest absolute Gasteiger partial charge is 0.441 e. The van der Waals surface area contributed by atoms with Crippen LogP contribution in [0.4, 0.5) is 36.4 Å². The zero-order chi connectivity index (χ0) is 22.7. The molecule has 1 amide bonds. The van der Waals surface area contributed by atoms with Crippen LogP contribution in [0.3, 0.4) is 0 Å². The molecule has 0 aromatic heterocycles. The first-order valence-corrected chi connectivity index (χ1v) is 8.17. The van der Waals surface area contributed by atoms with Gasteiger partial charge in [-0.25, -0.2) is 22.4 Å². The molecule has 0 aliphatic carbocycles. The van der Waals surface area contributed by atoms with Crippen molar-refractivity contribution in [3.63, 3.8) is 0 Å². The van der Waals surface area contributed by atoms with E-state index in [1.165, 1.54) is 10.6 Å². The number of ether oxygens (including phenoxy) is 1. The van der Waals surface area contributed by atoms with Crippen LogP contribution in [0.2, 0.25) is 0 Å². The van der Waals surface area contributed by atoms with E-state index < -0.39 is 64.8 Å². The monoisotopic (exact) mass is 438 g/mol. The van der Waals surface area contributed by atoms with Gasteiger partial charge in [0, 0.05) is 0 Å². The van der Waals surface area contributed by atoms with E-state index in [-0.39, 0.29) is 0 Å². The Bertz CT molecular complexity index is 965. The second-order valence-electron chi connectivity index (χ2n) is 5.75. The molecule has 0 aliphatic heterocycles. The third kappa shape index (κ3) is 4.31. The van der Waals surface area contributed by atoms with E-state index in [9.17, 15) is 40.3 Å². The van der Waals surface area contributed by atoms with Crippen molar-refractivity contribution in [3.05, 3.63) is 65.2 Å². The lowest BCUT2D eigenvalue weighted by atomic mass is 10.1. The maximum atomic E-state index is 14.0. The number of carbonyl (C=O) groups is 2. The van der Waals surface area contributed by atoms with Gasteiger partial charge in [-0.05, 0) is 31.2 Å². The fourth-order valence-electron chi connectivity index (χ4n) is 2.34. The minimum absolute atomic E-state index is 0.297. The van der Waals surface area contributed by atoms with Crippen molar-refractivity contribution < 1.29 is 45.1 Å². The Morgan fingerprint density at radius 3 is 2.13 bits per heavy atom. The fraction of sp³-hybridized carbons (Fsp3) is 0.222. The van der Waals surface area contributed by atoms with Crippen LogP contribution in [-0.2, 0) is 9.53 Å². The predicted molar refractivity (Wildman–Crippen MR) is 89.2 cm³/mol. The Morgan fingerprint density at radius 2 is 1.57 bits per heavy atom. The Morgan fingerprint density at radius 1 is 0.933 bits per heavy atom. The molecule has 2 rings (SSSR count). The van der Waals surface area contributed by atoms with Crippen LogP contribution >= 0.6 is 0 Å². The van der Waals surface area contributed by atoms with E-state index in [1.54, 1.807) is 0 Å². The molecule has 2 aromatic rings. The van der Waals surface area contributed by atoms with Gasteiger partial charge in [0.2, 0.25) is 0 Å². The van der Waals surface area contributed by atoms with Crippen LogP contribution in [0.5, 0.6) is 0 Å². The number of esters is 1. The lowest BCUT2D eigenvalue weighted by Crippen LogP contribution is -2.69. The lowest BCUT2D eigenvalue weighted by molar-refractivity contribution is -0.204. The highest BCUT2D eigenvalue weighted by Crippen LogP contribution is 2.35. The average molecular weight is 438 g/mol. The van der Waals surface area contributed by atoms with E-state index in [0.717, 1.165) is 31.2 Å². The van der Waals surface area contributed by atoms with Gasteiger partial charge < -0.3 is 15.4 Å². The summed E-state index contributed by atoms with van der Waals surface area (Å²) in [6.07, 6.45) is -5.70. The third-order valence-electron chi connectivity index (χ3n) is 3.78. The van der Waals surface area contributed by atoms with E-state index >= 15 is 0 Å². The van der Waals surface area contributed by atoms with Gasteiger partial charge >= 0.3 is 17.8 Å². The summed E-state index contributed by atoms with van der Waals surface area (Å²) in [5.74, 6) is -11.0. The van der Waals surface area contributed by atoms with Crippen LogP contribution in [0.1, 0.15) is 17.3 Å². The van der Waals surface area contributed by atoms with Crippen LogP contribution in [-0.4, -0.2) is 30.3 Å². The van der Waals surface area contributed by atoms with Crippen LogP contribution in [0, 0.1) is 23.3 Å². The Hall–Kier alpha value is -3.31. The molecule has 1 atom stereocenters. The Balaban J connectivity index is 2.62. The molecule has 0 bridgehead atoms. The second-order valence-corrected chi connectivity index (χ2v) is 5.75. The van der Waals surface area contributed by atoms with E-state index in [0.29, 0.717) is 12.1 Å². The molecule has 0 heterocycles. The lowest BCUT2D eigenvalue weighted by Gasteiger charge is -2.35. The maximum absolute atomic E-state index is 14.0. The number of amides is 1. The number of rotatable bonds is 6. The molecule has 0 fully saturated rings. The van der Waals surface area contributed by atoms with Crippen molar-refractivity contribution in [3.8, 4) is 0 Å². The molecule has 5 nitrogen and oxygen atoms in total. The van der Waals surface area contributed by atoms with Gasteiger partial charge in [0.05, 0.1) is 17.9 Å². The van der Waals surface area contributed by atoms with Crippen molar-refractivity contribution in [1.82, 2.24) is 5.32 Å². The molecule has 12 heteroatoms. The van der Waals surface area contributed by atoms with Crippen LogP contribution in [0.15, 0.2) is 36.4 Å². The molecule has 30 heavy (non-hydrogen) atoms. The molecule has 0 saturated heterocycles. The molecular weight excluding hydrogens is 425 g/mol. The zero-order valence-electron chi connectivity index (χ0n) is 15.0. The first-order chi connectivity index (χ1) is 13.9. The van der Waals surface area contributed by atoms with Gasteiger partial charge in [0.1, 0.15) is 5.82 Å². The number of halogens is 7. The third-order valence-corrected chi connectivity index (χ3v) is 3.78. The molecular formula is C18H13F7N2O3. The van der Waals surface area contributed by atoms with Gasteiger partial charge in [0.25, 0.3) is 5.91 Å². The molecule has 0 saturated carbocycles. The number of benzene rings is 2. The molecule has 0 radical (unpaired) electrons. The normalized spacial score (nSPS) is 13.3. The molecule has 2 aromatic carbocycles. The van der Waals surface area contributed by atoms with Gasteiger partial charge in [0.15, 0.2) is 17.5 Å². The summed E-state index contributed by atoms with van der Waals surface area (Å²) in [5, 5.41) is 2.59. The van der Waals surface area contributed by atoms with Gasteiger partial charge in [-0.2, -0.15) is 13.2 Å². The van der Waals surface area contributed by atoms with Crippen LogP contribution in [0.25, 0.3) is 0 Å². The number of anilines is 1. The number of carbonyl (C=O) groups excluding carboxylic acids is 2. The highest BCUT2D eigenvalue weighted by Gasteiger charge is 2.64. The van der Waals surface area contributed by atoms with Gasteiger partial charge in [-0.1, -0.05) is 12.1 Å². The van der Waals surface area contributed by atoms with E-state index in [2.05, 4.69) is 4.74 Å². The molecule has 0 aliphatic rings. The van der Waals surface area contributed by atoms with E-state index in [4.69, 9.17) is 0 Å². The topological polar surface area (TPSA) is 67.4 Å². The SMILES string of the molecule is CCOC(=O)C(NC(=O)c1ccccc1F)(Nc1ccc(F)c(F)c1F)C(F)(F)F. The maximum Gasteiger partial charge on any atom is 0.441 e. The molecule has 162 valence electrons. The first kappa shape index (κ1) is 23.0.